The molecular weight excluding hydrogens is 404 g/mol. The molecule has 0 aliphatic heterocycles. The van der Waals surface area contributed by atoms with Crippen molar-refractivity contribution in [3.05, 3.63) is 72.1 Å². The number of nitrogens with two attached hydrogens (primary N) is 1. The number of nitrogens with one attached hydrogen (secondary N) is 1. The molecule has 30 heavy (non-hydrogen) atoms. The molecule has 0 unspecified atom stereocenters. The van der Waals surface area contributed by atoms with Crippen LogP contribution in [-0.4, -0.2) is 39.7 Å². The van der Waals surface area contributed by atoms with Gasteiger partial charge in [0.25, 0.3) is 5.91 Å². The van der Waals surface area contributed by atoms with Crippen molar-refractivity contribution >= 4 is 35.2 Å². The monoisotopic (exact) mass is 424 g/mol. The van der Waals surface area contributed by atoms with Gasteiger partial charge >= 0.3 is 5.97 Å². The van der Waals surface area contributed by atoms with Gasteiger partial charge in [0.15, 0.2) is 17.0 Å². The predicted octanol–water partition coefficient (Wildman–Crippen LogP) is 2.88. The van der Waals surface area contributed by atoms with Crippen LogP contribution in [0.3, 0.4) is 0 Å². The van der Waals surface area contributed by atoms with Crippen molar-refractivity contribution in [3.63, 3.8) is 0 Å². The number of amides is 2. The van der Waals surface area contributed by atoms with Crippen molar-refractivity contribution < 1.29 is 19.1 Å². The molecule has 154 valence electrons. The summed E-state index contributed by atoms with van der Waals surface area (Å²) in [5.41, 5.74) is 6.95. The van der Waals surface area contributed by atoms with Gasteiger partial charge in [-0.3, -0.25) is 14.2 Å². The smallest absolute Gasteiger partial charge is 0.357 e. The maximum atomic E-state index is 12.7. The number of thioether (sulfide) groups is 1. The third-order valence-electron chi connectivity index (χ3n) is 4.23. The number of anilines is 1. The molecule has 8 nitrogen and oxygen atoms in total. The standard InChI is InChI=1S/C21H20N4O4S/c1-13(19(27)24-15-10-8-14(9-11-15)18(22)26)29-20(28)17-12-23-21(30-2)25(17)16-6-4-3-5-7-16/h3-13H,1-2H3,(H2,22,26)(H,24,27)/t13-/m1/s1. The van der Waals surface area contributed by atoms with Crippen molar-refractivity contribution in [2.45, 2.75) is 18.2 Å². The van der Waals surface area contributed by atoms with Crippen molar-refractivity contribution in [3.8, 4) is 5.69 Å². The SMILES string of the molecule is CSc1ncc(C(=O)O[C@H](C)C(=O)Nc2ccc(C(N)=O)cc2)n1-c1ccccc1. The van der Waals surface area contributed by atoms with Gasteiger partial charge in [-0.25, -0.2) is 9.78 Å². The third kappa shape index (κ3) is 4.69. The number of carbonyl (C=O) groups excluding carboxylic acids is 3. The first kappa shape index (κ1) is 21.1. The minimum absolute atomic E-state index is 0.219. The molecule has 9 heteroatoms. The Morgan fingerprint density at radius 1 is 1.10 bits per heavy atom. The number of para-hydroxylation sites is 1. The van der Waals surface area contributed by atoms with Gasteiger partial charge in [0, 0.05) is 16.9 Å². The van der Waals surface area contributed by atoms with E-state index in [9.17, 15) is 14.4 Å². The second-order valence-electron chi connectivity index (χ2n) is 6.28. The zero-order chi connectivity index (χ0) is 21.7. The van der Waals surface area contributed by atoms with E-state index in [-0.39, 0.29) is 5.69 Å². The van der Waals surface area contributed by atoms with Crippen molar-refractivity contribution in [2.75, 3.05) is 11.6 Å². The van der Waals surface area contributed by atoms with Gasteiger partial charge in [0.05, 0.1) is 6.20 Å². The van der Waals surface area contributed by atoms with Gasteiger partial charge in [0.1, 0.15) is 0 Å². The van der Waals surface area contributed by atoms with Crippen LogP contribution in [0.15, 0.2) is 66.0 Å². The summed E-state index contributed by atoms with van der Waals surface area (Å²) in [6.07, 6.45) is 2.23. The van der Waals surface area contributed by atoms with Gasteiger partial charge in [-0.1, -0.05) is 30.0 Å². The zero-order valence-electron chi connectivity index (χ0n) is 16.4. The van der Waals surface area contributed by atoms with E-state index in [0.717, 1.165) is 5.69 Å². The number of imidazole rings is 1. The maximum Gasteiger partial charge on any atom is 0.357 e. The highest BCUT2D eigenvalue weighted by atomic mass is 32.2. The largest absolute Gasteiger partial charge is 0.448 e. The second-order valence-corrected chi connectivity index (χ2v) is 7.05. The number of primary amides is 1. The Labute approximate surface area is 177 Å². The molecule has 3 aromatic rings. The fourth-order valence-corrected chi connectivity index (χ4v) is 3.23. The minimum Gasteiger partial charge on any atom is -0.448 e. The minimum atomic E-state index is -1.05. The lowest BCUT2D eigenvalue weighted by molar-refractivity contribution is -0.123. The average molecular weight is 424 g/mol. The molecule has 0 aliphatic carbocycles. The van der Waals surface area contributed by atoms with E-state index in [1.807, 2.05) is 36.6 Å². The molecule has 0 radical (unpaired) electrons. The molecule has 0 fully saturated rings. The lowest BCUT2D eigenvalue weighted by Gasteiger charge is -2.15. The summed E-state index contributed by atoms with van der Waals surface area (Å²) in [5.74, 6) is -1.74. The van der Waals surface area contributed by atoms with Crippen LogP contribution < -0.4 is 11.1 Å². The number of aromatic nitrogens is 2. The first-order chi connectivity index (χ1) is 14.4. The molecule has 2 amide bonds. The maximum absolute atomic E-state index is 12.7. The van der Waals surface area contributed by atoms with E-state index in [4.69, 9.17) is 10.5 Å². The Balaban J connectivity index is 1.72. The quantitative estimate of drug-likeness (QED) is 0.445. The van der Waals surface area contributed by atoms with Crippen LogP contribution >= 0.6 is 11.8 Å². The van der Waals surface area contributed by atoms with Gasteiger partial charge in [0.2, 0.25) is 5.91 Å². The normalized spacial score (nSPS) is 11.5. The molecule has 0 bridgehead atoms. The van der Waals surface area contributed by atoms with Gasteiger partial charge in [-0.05, 0) is 49.6 Å². The number of esters is 1. The summed E-state index contributed by atoms with van der Waals surface area (Å²) in [7, 11) is 0. The Hall–Kier alpha value is -3.59. The third-order valence-corrected chi connectivity index (χ3v) is 4.88. The summed E-state index contributed by atoms with van der Waals surface area (Å²) >= 11 is 1.39. The molecule has 0 spiro atoms. The molecule has 0 aliphatic rings. The van der Waals surface area contributed by atoms with Gasteiger partial charge in [-0.15, -0.1) is 0 Å². The predicted molar refractivity (Wildman–Crippen MR) is 114 cm³/mol. The van der Waals surface area contributed by atoms with E-state index in [0.29, 0.717) is 16.4 Å². The van der Waals surface area contributed by atoms with Crippen molar-refractivity contribution in [2.24, 2.45) is 5.73 Å². The summed E-state index contributed by atoms with van der Waals surface area (Å²) < 4.78 is 7.04. The fraction of sp³-hybridized carbons (Fsp3) is 0.143. The Bertz CT molecular complexity index is 1060. The number of benzene rings is 2. The number of carbonyl (C=O) groups is 3. The lowest BCUT2D eigenvalue weighted by Crippen LogP contribution is -2.30. The molecule has 1 atom stereocenters. The van der Waals surface area contributed by atoms with Crippen LogP contribution in [0.5, 0.6) is 0 Å². The number of hydrogen-bond donors (Lipinski definition) is 2. The number of ether oxygens (including phenoxy) is 1. The van der Waals surface area contributed by atoms with Crippen molar-refractivity contribution in [1.29, 1.82) is 0 Å². The van der Waals surface area contributed by atoms with Crippen LogP contribution in [0.2, 0.25) is 0 Å². The topological polar surface area (TPSA) is 116 Å². The second kappa shape index (κ2) is 9.27. The highest BCUT2D eigenvalue weighted by Gasteiger charge is 2.24. The highest BCUT2D eigenvalue weighted by Crippen LogP contribution is 2.22. The van der Waals surface area contributed by atoms with Gasteiger partial charge < -0.3 is 15.8 Å². The van der Waals surface area contributed by atoms with E-state index in [2.05, 4.69) is 10.3 Å². The van der Waals surface area contributed by atoms with Crippen LogP contribution in [0.1, 0.15) is 27.8 Å². The van der Waals surface area contributed by atoms with E-state index < -0.39 is 23.9 Å². The Kier molecular flexibility index (Phi) is 6.53. The fourth-order valence-electron chi connectivity index (χ4n) is 2.69. The summed E-state index contributed by atoms with van der Waals surface area (Å²) in [6.45, 7) is 1.48. The first-order valence-corrected chi connectivity index (χ1v) is 10.2. The molecular formula is C21H20N4O4S. The van der Waals surface area contributed by atoms with Crippen LogP contribution in [0.4, 0.5) is 5.69 Å². The highest BCUT2D eigenvalue weighted by molar-refractivity contribution is 7.98. The molecule has 2 aromatic carbocycles. The molecule has 0 saturated carbocycles. The summed E-state index contributed by atoms with van der Waals surface area (Å²) in [6, 6.07) is 15.4. The average Bonchev–Trinajstić information content (AvgIpc) is 3.19. The molecule has 1 aromatic heterocycles. The van der Waals surface area contributed by atoms with Crippen LogP contribution in [0.25, 0.3) is 5.69 Å². The molecule has 0 saturated heterocycles. The molecule has 3 N–H and O–H groups in total. The van der Waals surface area contributed by atoms with Crippen LogP contribution in [-0.2, 0) is 9.53 Å². The number of nitrogens with zero attached hydrogens (tertiary/aromatic N) is 2. The Morgan fingerprint density at radius 2 is 1.77 bits per heavy atom. The van der Waals surface area contributed by atoms with E-state index in [1.165, 1.54) is 37.0 Å². The number of rotatable bonds is 7. The van der Waals surface area contributed by atoms with E-state index >= 15 is 0 Å². The lowest BCUT2D eigenvalue weighted by atomic mass is 10.2. The van der Waals surface area contributed by atoms with Gasteiger partial charge in [-0.2, -0.15) is 0 Å². The Morgan fingerprint density at radius 3 is 2.37 bits per heavy atom. The van der Waals surface area contributed by atoms with Crippen molar-refractivity contribution in [1.82, 2.24) is 9.55 Å². The summed E-state index contributed by atoms with van der Waals surface area (Å²) in [4.78, 5) is 40.5. The van der Waals surface area contributed by atoms with Crippen LogP contribution in [0, 0.1) is 0 Å². The van der Waals surface area contributed by atoms with E-state index in [1.54, 1.807) is 16.7 Å². The number of hydrogen-bond acceptors (Lipinski definition) is 6. The zero-order valence-corrected chi connectivity index (χ0v) is 17.2. The first-order valence-electron chi connectivity index (χ1n) is 8.99. The molecule has 1 heterocycles. The summed E-state index contributed by atoms with van der Waals surface area (Å²) in [5, 5.41) is 3.26. The molecule has 3 rings (SSSR count).